The van der Waals surface area contributed by atoms with Gasteiger partial charge in [0.2, 0.25) is 0 Å². The predicted octanol–water partition coefficient (Wildman–Crippen LogP) is 5.57. The molecule has 7 nitrogen and oxygen atoms in total. The molecule has 0 saturated heterocycles. The number of unbranched alkanes of at least 4 members (excludes halogenated alkanes) is 1. The number of aryl methyl sites for hydroxylation is 1. The van der Waals surface area contributed by atoms with Gasteiger partial charge >= 0.3 is 5.97 Å². The summed E-state index contributed by atoms with van der Waals surface area (Å²) in [6.45, 7) is 0.427. The van der Waals surface area contributed by atoms with Crippen LogP contribution in [0.3, 0.4) is 0 Å². The molecule has 9 heteroatoms. The molecule has 1 heterocycles. The third-order valence-electron chi connectivity index (χ3n) is 7.14. The summed E-state index contributed by atoms with van der Waals surface area (Å²) in [6, 6.07) is 17.4. The van der Waals surface area contributed by atoms with Gasteiger partial charge in [0.15, 0.2) is 0 Å². The highest BCUT2D eigenvalue weighted by molar-refractivity contribution is 6.33. The fourth-order valence-corrected chi connectivity index (χ4v) is 5.41. The first-order chi connectivity index (χ1) is 18.3. The molecule has 2 aliphatic rings. The Hall–Kier alpha value is -3.91. The van der Waals surface area contributed by atoms with Crippen LogP contribution >= 0.6 is 11.6 Å². The number of benzene rings is 3. The van der Waals surface area contributed by atoms with E-state index in [4.69, 9.17) is 27.5 Å². The number of nitrogens with zero attached hydrogens (tertiary/aromatic N) is 2. The van der Waals surface area contributed by atoms with E-state index >= 15 is 0 Å². The Labute approximate surface area is 225 Å². The molecular weight excluding hydrogens is 507 g/mol. The SMILES string of the molecule is Nc1ccc(N2N=C3c4ccc(C(=O)NCCCCC(=O)O)cc4CC[C@@H]3[C@@H]2c2ccc(F)cc2)cc1Cl. The van der Waals surface area contributed by atoms with Crippen molar-refractivity contribution < 1.29 is 19.1 Å². The second kappa shape index (κ2) is 10.8. The van der Waals surface area contributed by atoms with Gasteiger partial charge in [-0.3, -0.25) is 14.6 Å². The van der Waals surface area contributed by atoms with Crippen molar-refractivity contribution in [2.75, 3.05) is 17.3 Å². The van der Waals surface area contributed by atoms with Crippen LogP contribution in [0, 0.1) is 11.7 Å². The van der Waals surface area contributed by atoms with Gasteiger partial charge in [-0.15, -0.1) is 0 Å². The molecule has 0 radical (unpaired) electrons. The molecule has 0 aromatic heterocycles. The first-order valence-electron chi connectivity index (χ1n) is 12.6. The quantitative estimate of drug-likeness (QED) is 0.258. The van der Waals surface area contributed by atoms with E-state index < -0.39 is 5.97 Å². The number of nitrogen functional groups attached to an aromatic ring is 1. The Bertz CT molecular complexity index is 1410. The number of carboxylic acids is 1. The van der Waals surface area contributed by atoms with Crippen molar-refractivity contribution in [2.24, 2.45) is 11.0 Å². The van der Waals surface area contributed by atoms with Crippen LogP contribution in [0.15, 0.2) is 65.8 Å². The fraction of sp³-hybridized carbons (Fsp3) is 0.276. The normalized spacial score (nSPS) is 17.9. The minimum atomic E-state index is -0.834. The van der Waals surface area contributed by atoms with Crippen LogP contribution in [0.1, 0.15) is 58.8 Å². The van der Waals surface area contributed by atoms with E-state index in [2.05, 4.69) is 5.32 Å². The standard InChI is InChI=1S/C29H28ClFN4O3/c30-24-16-21(10-13-25(24)32)35-28(17-4-8-20(31)9-5-17)23-12-6-18-15-19(7-11-22(18)27(23)34-35)29(38)33-14-2-1-3-26(36)37/h4-5,7-11,13,15-16,23,28H,1-3,6,12,14,32H2,(H,33,38)(H,36,37)/t23-,28-/m0/s1. The topological polar surface area (TPSA) is 108 Å². The van der Waals surface area contributed by atoms with Crippen molar-refractivity contribution in [1.82, 2.24) is 5.32 Å². The number of halogens is 2. The minimum absolute atomic E-state index is 0.0678. The number of amides is 1. The maximum Gasteiger partial charge on any atom is 0.303 e. The highest BCUT2D eigenvalue weighted by atomic mass is 35.5. The van der Waals surface area contributed by atoms with Crippen LogP contribution in [0.5, 0.6) is 0 Å². The summed E-state index contributed by atoms with van der Waals surface area (Å²) in [4.78, 5) is 23.3. The summed E-state index contributed by atoms with van der Waals surface area (Å²) >= 11 is 6.34. The number of carboxylic acid groups (broad SMARTS) is 1. The van der Waals surface area contributed by atoms with E-state index in [1.807, 2.05) is 23.2 Å². The fourth-order valence-electron chi connectivity index (χ4n) is 5.24. The number of hydrazone groups is 1. The first kappa shape index (κ1) is 25.7. The van der Waals surface area contributed by atoms with Gasteiger partial charge in [-0.1, -0.05) is 29.8 Å². The summed E-state index contributed by atoms with van der Waals surface area (Å²) in [7, 11) is 0. The van der Waals surface area contributed by atoms with Crippen molar-refractivity contribution in [3.05, 3.63) is 93.8 Å². The zero-order valence-corrected chi connectivity index (χ0v) is 21.4. The second-order valence-electron chi connectivity index (χ2n) is 9.66. The Morgan fingerprint density at radius 1 is 1.11 bits per heavy atom. The molecule has 1 aliphatic heterocycles. The molecule has 0 spiro atoms. The van der Waals surface area contributed by atoms with Crippen LogP contribution in [-0.2, 0) is 11.2 Å². The van der Waals surface area contributed by atoms with Crippen molar-refractivity contribution in [3.8, 4) is 0 Å². The molecule has 3 aromatic rings. The number of hydrogen-bond acceptors (Lipinski definition) is 5. The van der Waals surface area contributed by atoms with Gasteiger partial charge in [0, 0.05) is 30.0 Å². The molecule has 5 rings (SSSR count). The van der Waals surface area contributed by atoms with Crippen molar-refractivity contribution in [1.29, 1.82) is 0 Å². The molecule has 0 fully saturated rings. The van der Waals surface area contributed by atoms with Crippen molar-refractivity contribution in [2.45, 2.75) is 38.1 Å². The lowest BCUT2D eigenvalue weighted by Gasteiger charge is -2.31. The van der Waals surface area contributed by atoms with Crippen LogP contribution in [-0.4, -0.2) is 29.2 Å². The molecule has 3 aromatic carbocycles. The average Bonchev–Trinajstić information content (AvgIpc) is 3.30. The van der Waals surface area contributed by atoms with Crippen LogP contribution in [0.2, 0.25) is 5.02 Å². The van der Waals surface area contributed by atoms with Crippen LogP contribution in [0.4, 0.5) is 15.8 Å². The minimum Gasteiger partial charge on any atom is -0.481 e. The van der Waals surface area contributed by atoms with E-state index in [1.165, 1.54) is 12.1 Å². The van der Waals surface area contributed by atoms with Gasteiger partial charge in [-0.25, -0.2) is 4.39 Å². The van der Waals surface area contributed by atoms with Crippen LogP contribution in [0.25, 0.3) is 0 Å². The van der Waals surface area contributed by atoms with E-state index in [-0.39, 0.29) is 30.1 Å². The third-order valence-corrected chi connectivity index (χ3v) is 7.47. The number of carbonyl (C=O) groups excluding carboxylic acids is 1. The maximum absolute atomic E-state index is 13.7. The highest BCUT2D eigenvalue weighted by Gasteiger charge is 2.42. The van der Waals surface area contributed by atoms with Gasteiger partial charge in [-0.05, 0) is 79.3 Å². The smallest absolute Gasteiger partial charge is 0.303 e. The zero-order chi connectivity index (χ0) is 26.8. The van der Waals surface area contributed by atoms with E-state index in [9.17, 15) is 14.0 Å². The van der Waals surface area contributed by atoms with Gasteiger partial charge in [0.25, 0.3) is 5.91 Å². The number of rotatable bonds is 8. The summed E-state index contributed by atoms with van der Waals surface area (Å²) in [5.74, 6) is -1.24. The third kappa shape index (κ3) is 5.22. The molecule has 0 unspecified atom stereocenters. The largest absolute Gasteiger partial charge is 0.481 e. The summed E-state index contributed by atoms with van der Waals surface area (Å²) < 4.78 is 13.7. The van der Waals surface area contributed by atoms with E-state index in [0.29, 0.717) is 35.7 Å². The van der Waals surface area contributed by atoms with Gasteiger partial charge in [0.1, 0.15) is 5.82 Å². The maximum atomic E-state index is 13.7. The van der Waals surface area contributed by atoms with Gasteiger partial charge in [0.05, 0.1) is 28.2 Å². The average molecular weight is 535 g/mol. The van der Waals surface area contributed by atoms with Crippen molar-refractivity contribution >= 4 is 40.6 Å². The van der Waals surface area contributed by atoms with Gasteiger partial charge in [-0.2, -0.15) is 5.10 Å². The molecule has 4 N–H and O–H groups in total. The Kier molecular flexibility index (Phi) is 7.33. The first-order valence-corrected chi connectivity index (χ1v) is 13.0. The number of nitrogens with one attached hydrogen (secondary N) is 1. The second-order valence-corrected chi connectivity index (χ2v) is 10.1. The molecule has 1 aliphatic carbocycles. The number of anilines is 2. The zero-order valence-electron chi connectivity index (χ0n) is 20.7. The molecule has 0 bridgehead atoms. The summed E-state index contributed by atoms with van der Waals surface area (Å²) in [5.41, 5.74) is 11.7. The number of carbonyl (C=O) groups is 2. The van der Waals surface area contributed by atoms with Gasteiger partial charge < -0.3 is 16.2 Å². The predicted molar refractivity (Wildman–Crippen MR) is 146 cm³/mol. The molecule has 1 amide bonds. The Morgan fingerprint density at radius 2 is 1.89 bits per heavy atom. The van der Waals surface area contributed by atoms with Crippen LogP contribution < -0.4 is 16.1 Å². The molecule has 2 atom stereocenters. The number of fused-ring (bicyclic) bond motifs is 3. The Balaban J connectivity index is 1.42. The monoisotopic (exact) mass is 534 g/mol. The molecule has 38 heavy (non-hydrogen) atoms. The summed E-state index contributed by atoms with van der Waals surface area (Å²) in [6.07, 6.45) is 2.81. The Morgan fingerprint density at radius 3 is 2.63 bits per heavy atom. The van der Waals surface area contributed by atoms with E-state index in [1.54, 1.807) is 30.3 Å². The number of nitrogens with two attached hydrogens (primary N) is 1. The summed E-state index contributed by atoms with van der Waals surface area (Å²) in [5, 5.41) is 19.0. The number of hydrogen-bond donors (Lipinski definition) is 3. The lowest BCUT2D eigenvalue weighted by Crippen LogP contribution is -2.29. The lowest BCUT2D eigenvalue weighted by molar-refractivity contribution is -0.137. The molecule has 0 saturated carbocycles. The number of aliphatic carboxylic acids is 1. The lowest BCUT2D eigenvalue weighted by atomic mass is 9.77. The molecular formula is C29H28ClFN4O3. The highest BCUT2D eigenvalue weighted by Crippen LogP contribution is 2.46. The van der Waals surface area contributed by atoms with Crippen molar-refractivity contribution in [3.63, 3.8) is 0 Å². The molecule has 196 valence electrons. The van der Waals surface area contributed by atoms with E-state index in [0.717, 1.165) is 40.9 Å².